The Morgan fingerprint density at radius 2 is 2.00 bits per heavy atom. The number of hydrogen-bond donors (Lipinski definition) is 0. The lowest BCUT2D eigenvalue weighted by molar-refractivity contribution is -0.491. The molecule has 1 saturated carbocycles. The van der Waals surface area contributed by atoms with Crippen LogP contribution in [0.1, 0.15) is 51.9 Å². The highest BCUT2D eigenvalue weighted by Crippen LogP contribution is 2.35. The molecule has 4 nitrogen and oxygen atoms in total. The highest BCUT2D eigenvalue weighted by Gasteiger charge is 2.33. The number of carbonyl (C=O) groups excluding carboxylic acids is 1. The van der Waals surface area contributed by atoms with Gasteiger partial charge in [-0.05, 0) is 25.2 Å². The molecule has 0 bridgehead atoms. The van der Waals surface area contributed by atoms with Crippen LogP contribution in [0.2, 0.25) is 0 Å². The van der Waals surface area contributed by atoms with Crippen LogP contribution in [0.5, 0.6) is 0 Å². The van der Waals surface area contributed by atoms with E-state index in [9.17, 15) is 14.9 Å². The van der Waals surface area contributed by atoms with Gasteiger partial charge in [0.05, 0.1) is 0 Å². The van der Waals surface area contributed by atoms with Crippen molar-refractivity contribution in [1.82, 2.24) is 0 Å². The molecule has 0 spiro atoms. The van der Waals surface area contributed by atoms with Gasteiger partial charge in [0.1, 0.15) is 6.29 Å². The fourth-order valence-electron chi connectivity index (χ4n) is 3.08. The summed E-state index contributed by atoms with van der Waals surface area (Å²) in [5.74, 6) is 0.229. The third kappa shape index (κ3) is 4.44. The predicted octanol–water partition coefficient (Wildman–Crippen LogP) is 3.07. The third-order valence-electron chi connectivity index (χ3n) is 3.96. The summed E-state index contributed by atoms with van der Waals surface area (Å²) in [6, 6.07) is 0. The minimum absolute atomic E-state index is 0.0337. The Morgan fingerprint density at radius 3 is 2.47 bits per heavy atom. The average molecular weight is 241 g/mol. The molecule has 4 heteroatoms. The number of nitro groups is 1. The van der Waals surface area contributed by atoms with Gasteiger partial charge in [-0.25, -0.2) is 0 Å². The van der Waals surface area contributed by atoms with Crippen molar-refractivity contribution in [3.05, 3.63) is 10.1 Å². The Hall–Kier alpha value is -0.930. The van der Waals surface area contributed by atoms with Gasteiger partial charge in [-0.2, -0.15) is 0 Å². The Bertz CT molecular complexity index is 249. The van der Waals surface area contributed by atoms with E-state index in [1.807, 2.05) is 6.92 Å². The van der Waals surface area contributed by atoms with E-state index >= 15 is 0 Å². The number of carbonyl (C=O) groups is 1. The smallest absolute Gasteiger partial charge is 0.207 e. The van der Waals surface area contributed by atoms with Crippen LogP contribution in [0.25, 0.3) is 0 Å². The zero-order valence-electron chi connectivity index (χ0n) is 10.6. The van der Waals surface area contributed by atoms with E-state index in [0.717, 1.165) is 44.8 Å². The summed E-state index contributed by atoms with van der Waals surface area (Å²) in [6.45, 7) is 1.99. The van der Waals surface area contributed by atoms with Crippen molar-refractivity contribution < 1.29 is 9.72 Å². The van der Waals surface area contributed by atoms with Crippen LogP contribution in [0.3, 0.4) is 0 Å². The average Bonchev–Trinajstić information content (AvgIpc) is 2.34. The summed E-state index contributed by atoms with van der Waals surface area (Å²) in [4.78, 5) is 21.7. The second-order valence-electron chi connectivity index (χ2n) is 5.17. The van der Waals surface area contributed by atoms with Crippen molar-refractivity contribution in [3.8, 4) is 0 Å². The van der Waals surface area contributed by atoms with Crippen LogP contribution in [-0.2, 0) is 4.79 Å². The van der Waals surface area contributed by atoms with E-state index in [4.69, 9.17) is 0 Å². The van der Waals surface area contributed by atoms with Gasteiger partial charge in [-0.1, -0.05) is 32.6 Å². The molecule has 0 radical (unpaired) electrons. The van der Waals surface area contributed by atoms with Gasteiger partial charge in [-0.3, -0.25) is 10.1 Å². The maximum absolute atomic E-state index is 11.1. The SMILES string of the molecule is CCC[C@H](C=O)[C@H](C[N+](=O)[O-])C1CCCCC1. The van der Waals surface area contributed by atoms with E-state index in [1.54, 1.807) is 0 Å². The summed E-state index contributed by atoms with van der Waals surface area (Å²) in [6.07, 6.45) is 8.35. The predicted molar refractivity (Wildman–Crippen MR) is 66.4 cm³/mol. The van der Waals surface area contributed by atoms with Crippen LogP contribution >= 0.6 is 0 Å². The zero-order chi connectivity index (χ0) is 12.7. The van der Waals surface area contributed by atoms with Gasteiger partial charge in [0, 0.05) is 16.8 Å². The molecule has 1 fully saturated rings. The van der Waals surface area contributed by atoms with Gasteiger partial charge in [-0.15, -0.1) is 0 Å². The molecule has 1 aliphatic carbocycles. The zero-order valence-corrected chi connectivity index (χ0v) is 10.6. The summed E-state index contributed by atoms with van der Waals surface area (Å²) >= 11 is 0. The summed E-state index contributed by atoms with van der Waals surface area (Å²) in [7, 11) is 0. The quantitative estimate of drug-likeness (QED) is 0.391. The first-order chi connectivity index (χ1) is 8.19. The van der Waals surface area contributed by atoms with Crippen molar-refractivity contribution in [2.24, 2.45) is 17.8 Å². The molecule has 1 rings (SSSR count). The molecule has 0 aromatic heterocycles. The van der Waals surface area contributed by atoms with E-state index in [1.165, 1.54) is 6.42 Å². The first-order valence-electron chi connectivity index (χ1n) is 6.76. The Morgan fingerprint density at radius 1 is 1.35 bits per heavy atom. The topological polar surface area (TPSA) is 60.2 Å². The van der Waals surface area contributed by atoms with Crippen LogP contribution in [-0.4, -0.2) is 17.8 Å². The first kappa shape index (κ1) is 14.1. The monoisotopic (exact) mass is 241 g/mol. The van der Waals surface area contributed by atoms with Crippen LogP contribution in [0, 0.1) is 27.9 Å². The van der Waals surface area contributed by atoms with Crippen molar-refractivity contribution in [2.45, 2.75) is 51.9 Å². The summed E-state index contributed by atoms with van der Waals surface area (Å²) < 4.78 is 0. The van der Waals surface area contributed by atoms with Gasteiger partial charge in [0.2, 0.25) is 6.54 Å². The molecule has 0 unspecified atom stereocenters. The van der Waals surface area contributed by atoms with E-state index < -0.39 is 0 Å². The Labute approximate surface area is 103 Å². The largest absolute Gasteiger partial charge is 0.303 e. The van der Waals surface area contributed by atoms with Gasteiger partial charge in [0.25, 0.3) is 0 Å². The van der Waals surface area contributed by atoms with Crippen molar-refractivity contribution in [3.63, 3.8) is 0 Å². The van der Waals surface area contributed by atoms with E-state index in [-0.39, 0.29) is 23.3 Å². The van der Waals surface area contributed by atoms with Crippen LogP contribution < -0.4 is 0 Å². The molecular weight excluding hydrogens is 218 g/mol. The lowest BCUT2D eigenvalue weighted by Gasteiger charge is -2.31. The molecule has 1 aliphatic rings. The van der Waals surface area contributed by atoms with Crippen molar-refractivity contribution in [2.75, 3.05) is 6.54 Å². The molecule has 0 amide bonds. The maximum Gasteiger partial charge on any atom is 0.207 e. The van der Waals surface area contributed by atoms with Gasteiger partial charge < -0.3 is 4.79 Å². The van der Waals surface area contributed by atoms with Gasteiger partial charge >= 0.3 is 0 Å². The molecular formula is C13H23NO3. The molecule has 0 aromatic rings. The minimum Gasteiger partial charge on any atom is -0.303 e. The molecule has 0 N–H and O–H groups in total. The lowest BCUT2D eigenvalue weighted by atomic mass is 9.73. The van der Waals surface area contributed by atoms with Crippen LogP contribution in [0.15, 0.2) is 0 Å². The fraction of sp³-hybridized carbons (Fsp3) is 0.923. The van der Waals surface area contributed by atoms with Crippen LogP contribution in [0.4, 0.5) is 0 Å². The number of aldehydes is 1. The number of nitrogens with zero attached hydrogens (tertiary/aromatic N) is 1. The molecule has 0 heterocycles. The normalized spacial score (nSPS) is 20.8. The second kappa shape index (κ2) is 7.41. The molecule has 0 saturated heterocycles. The number of hydrogen-bond acceptors (Lipinski definition) is 3. The Kier molecular flexibility index (Phi) is 6.16. The summed E-state index contributed by atoms with van der Waals surface area (Å²) in [5, 5.41) is 10.8. The van der Waals surface area contributed by atoms with Gasteiger partial charge in [0.15, 0.2) is 0 Å². The Balaban J connectivity index is 2.68. The standard InChI is InChI=1S/C13H23NO3/c1-2-6-12(10-15)13(9-14(16)17)11-7-4-3-5-8-11/h10-13H,2-9H2,1H3/t12-,13-/m1/s1. The molecule has 98 valence electrons. The first-order valence-corrected chi connectivity index (χ1v) is 6.76. The number of rotatable bonds is 7. The third-order valence-corrected chi connectivity index (χ3v) is 3.96. The lowest BCUT2D eigenvalue weighted by Crippen LogP contribution is -2.32. The second-order valence-corrected chi connectivity index (χ2v) is 5.17. The van der Waals surface area contributed by atoms with Crippen molar-refractivity contribution >= 4 is 6.29 Å². The molecule has 2 atom stereocenters. The van der Waals surface area contributed by atoms with E-state index in [0.29, 0.717) is 5.92 Å². The molecule has 0 aliphatic heterocycles. The fourth-order valence-corrected chi connectivity index (χ4v) is 3.08. The molecule has 0 aromatic carbocycles. The molecule has 17 heavy (non-hydrogen) atoms. The summed E-state index contributed by atoms with van der Waals surface area (Å²) in [5.41, 5.74) is 0. The maximum atomic E-state index is 11.1. The highest BCUT2D eigenvalue weighted by atomic mass is 16.6. The van der Waals surface area contributed by atoms with E-state index in [2.05, 4.69) is 0 Å². The highest BCUT2D eigenvalue weighted by molar-refractivity contribution is 5.54. The minimum atomic E-state index is -0.245. The van der Waals surface area contributed by atoms with Crippen molar-refractivity contribution in [1.29, 1.82) is 0 Å².